The van der Waals surface area contributed by atoms with Crippen LogP contribution in [-0.2, 0) is 0 Å². The summed E-state index contributed by atoms with van der Waals surface area (Å²) in [7, 11) is 0. The van der Waals surface area contributed by atoms with Gasteiger partial charge >= 0.3 is 0 Å². The predicted octanol–water partition coefficient (Wildman–Crippen LogP) is 14.9. The summed E-state index contributed by atoms with van der Waals surface area (Å²) in [6.45, 7) is 0. The fourth-order valence-corrected chi connectivity index (χ4v) is 12.9. The number of nitrogens with zero attached hydrogens (tertiary/aromatic N) is 1. The molecule has 2 fully saturated rings. The van der Waals surface area contributed by atoms with Gasteiger partial charge in [-0.2, -0.15) is 0 Å². The van der Waals surface area contributed by atoms with Crippen molar-refractivity contribution in [1.29, 1.82) is 0 Å². The molecular formula is C58H37NO. The van der Waals surface area contributed by atoms with Crippen LogP contribution in [-0.4, -0.2) is 4.57 Å². The summed E-state index contributed by atoms with van der Waals surface area (Å²) in [5, 5.41) is 13.2. The Morgan fingerprint density at radius 2 is 0.850 bits per heavy atom. The number of benzene rings is 8. The zero-order valence-electron chi connectivity index (χ0n) is 32.7. The summed E-state index contributed by atoms with van der Waals surface area (Å²) in [6.07, 6.45) is 20.0. The highest BCUT2D eigenvalue weighted by Gasteiger charge is 2.52. The number of rotatable bonds is 2. The molecule has 8 aliphatic carbocycles. The van der Waals surface area contributed by atoms with E-state index < -0.39 is 0 Å². The van der Waals surface area contributed by atoms with Gasteiger partial charge in [-0.15, -0.1) is 0 Å². The first-order valence-corrected chi connectivity index (χ1v) is 21.9. The lowest BCUT2D eigenvalue weighted by molar-refractivity contribution is 0.669. The van der Waals surface area contributed by atoms with E-state index in [9.17, 15) is 0 Å². The molecule has 0 amide bonds. The van der Waals surface area contributed by atoms with E-state index in [2.05, 4.69) is 175 Å². The zero-order chi connectivity index (χ0) is 38.5. The number of furan rings is 1. The molecule has 60 heavy (non-hydrogen) atoms. The summed E-state index contributed by atoms with van der Waals surface area (Å²) in [6, 6.07) is 48.7. The number of allylic oxidation sites excluding steroid dienone is 8. The first-order valence-electron chi connectivity index (χ1n) is 21.9. The van der Waals surface area contributed by atoms with Crippen molar-refractivity contribution in [3.05, 3.63) is 198 Å². The highest BCUT2D eigenvalue weighted by Crippen LogP contribution is 2.63. The summed E-state index contributed by atoms with van der Waals surface area (Å²) >= 11 is 0. The maximum atomic E-state index is 6.22. The van der Waals surface area contributed by atoms with Gasteiger partial charge in [0, 0.05) is 39.1 Å². The van der Waals surface area contributed by atoms with Gasteiger partial charge in [0.05, 0.1) is 11.0 Å². The van der Waals surface area contributed by atoms with Gasteiger partial charge in [-0.3, -0.25) is 0 Å². The molecule has 8 aliphatic rings. The molecule has 0 saturated heterocycles. The normalized spacial score (nSPS) is 26.1. The van der Waals surface area contributed by atoms with Crippen LogP contribution in [0.5, 0.6) is 0 Å². The van der Waals surface area contributed by atoms with Crippen LogP contribution in [0.1, 0.15) is 45.9 Å². The van der Waals surface area contributed by atoms with E-state index in [4.69, 9.17) is 4.42 Å². The molecule has 18 rings (SSSR count). The second-order valence-corrected chi connectivity index (χ2v) is 18.6. The van der Waals surface area contributed by atoms with Crippen LogP contribution in [0.4, 0.5) is 0 Å². The van der Waals surface area contributed by atoms with Gasteiger partial charge in [0.2, 0.25) is 0 Å². The molecule has 0 N–H and O–H groups in total. The van der Waals surface area contributed by atoms with Crippen molar-refractivity contribution in [1.82, 2.24) is 4.57 Å². The van der Waals surface area contributed by atoms with Gasteiger partial charge in [0.25, 0.3) is 0 Å². The molecule has 2 heterocycles. The maximum absolute atomic E-state index is 6.22. The van der Waals surface area contributed by atoms with Crippen molar-refractivity contribution >= 4 is 76.1 Å². The molecule has 0 aliphatic heterocycles. The minimum Gasteiger partial charge on any atom is -0.456 e. The number of aromatic nitrogens is 1. The molecule has 2 saturated carbocycles. The fraction of sp³-hybridized carbons (Fsp3) is 0.138. The van der Waals surface area contributed by atoms with Crippen LogP contribution in [0.3, 0.4) is 0 Å². The first-order chi connectivity index (χ1) is 29.7. The second-order valence-electron chi connectivity index (χ2n) is 18.6. The van der Waals surface area contributed by atoms with Crippen molar-refractivity contribution in [2.24, 2.45) is 23.7 Å². The topological polar surface area (TPSA) is 18.1 Å². The molecule has 2 heteroatoms. The Kier molecular flexibility index (Phi) is 5.51. The largest absolute Gasteiger partial charge is 0.456 e. The Hall–Kier alpha value is -6.90. The van der Waals surface area contributed by atoms with E-state index in [1.54, 1.807) is 11.1 Å². The first kappa shape index (κ1) is 31.1. The van der Waals surface area contributed by atoms with Crippen LogP contribution in [0, 0.1) is 23.7 Å². The van der Waals surface area contributed by atoms with E-state index in [1.165, 1.54) is 76.4 Å². The lowest BCUT2D eigenvalue weighted by Crippen LogP contribution is -1.99. The highest BCUT2D eigenvalue weighted by molar-refractivity contribution is 6.26. The van der Waals surface area contributed by atoms with Crippen molar-refractivity contribution in [2.45, 2.75) is 23.7 Å². The number of fused-ring (bicyclic) bond motifs is 12. The third-order valence-electron chi connectivity index (χ3n) is 15.8. The maximum Gasteiger partial charge on any atom is 0.135 e. The molecule has 0 spiro atoms. The lowest BCUT2D eigenvalue weighted by atomic mass is 9.83. The Balaban J connectivity index is 0.929. The quantitative estimate of drug-likeness (QED) is 0.127. The van der Waals surface area contributed by atoms with E-state index in [1.807, 2.05) is 6.07 Å². The molecule has 0 radical (unpaired) electrons. The third-order valence-corrected chi connectivity index (χ3v) is 15.8. The van der Waals surface area contributed by atoms with Gasteiger partial charge in [0.1, 0.15) is 11.2 Å². The Morgan fingerprint density at radius 1 is 0.333 bits per heavy atom. The van der Waals surface area contributed by atoms with Crippen LogP contribution in [0.15, 0.2) is 180 Å². The number of hydrogen-bond donors (Lipinski definition) is 0. The van der Waals surface area contributed by atoms with Gasteiger partial charge in [-0.05, 0) is 174 Å². The summed E-state index contributed by atoms with van der Waals surface area (Å²) in [4.78, 5) is 0. The van der Waals surface area contributed by atoms with Crippen LogP contribution >= 0.6 is 0 Å². The van der Waals surface area contributed by atoms with Gasteiger partial charge in [-0.1, -0.05) is 103 Å². The Labute approximate surface area is 346 Å². The molecule has 10 aromatic rings. The van der Waals surface area contributed by atoms with Gasteiger partial charge < -0.3 is 8.98 Å². The van der Waals surface area contributed by atoms with Crippen molar-refractivity contribution in [2.75, 3.05) is 0 Å². The minimum atomic E-state index is 0.355. The number of para-hydroxylation sites is 2. The highest BCUT2D eigenvalue weighted by atomic mass is 16.3. The zero-order valence-corrected chi connectivity index (χ0v) is 32.7. The molecule has 2 nitrogen and oxygen atoms in total. The summed E-state index contributed by atoms with van der Waals surface area (Å²) in [5.74, 6) is 4.50. The smallest absolute Gasteiger partial charge is 0.135 e. The molecule has 2 aromatic heterocycles. The SMILES string of the molecule is C1=CC2C3C=CC1c1cc4c(cc1C23)c1cc(-c2ccc3c(c2)c2ccccc2n3-c2ccc3oc5ccccc5c3c2)ccc1c1cc2c(cc14)C1C3C=CC2C=CC31. The summed E-state index contributed by atoms with van der Waals surface area (Å²) in [5.41, 5.74) is 14.1. The van der Waals surface area contributed by atoms with E-state index in [0.717, 1.165) is 27.6 Å². The lowest BCUT2D eigenvalue weighted by Gasteiger charge is -2.20. The predicted molar refractivity (Wildman–Crippen MR) is 247 cm³/mol. The third kappa shape index (κ3) is 3.87. The van der Waals surface area contributed by atoms with Crippen molar-refractivity contribution < 1.29 is 4.42 Å². The summed E-state index contributed by atoms with van der Waals surface area (Å²) < 4.78 is 8.65. The average molecular weight is 764 g/mol. The molecule has 8 aromatic carbocycles. The van der Waals surface area contributed by atoms with Crippen molar-refractivity contribution in [3.8, 4) is 16.8 Å². The fourth-order valence-electron chi connectivity index (χ4n) is 12.9. The van der Waals surface area contributed by atoms with Gasteiger partial charge in [-0.25, -0.2) is 0 Å². The number of hydrogen-bond acceptors (Lipinski definition) is 1. The minimum absolute atomic E-state index is 0.355. The Morgan fingerprint density at radius 3 is 1.53 bits per heavy atom. The van der Waals surface area contributed by atoms with Crippen LogP contribution in [0.25, 0.3) is 92.9 Å². The van der Waals surface area contributed by atoms with Crippen LogP contribution in [0.2, 0.25) is 0 Å². The van der Waals surface area contributed by atoms with Crippen molar-refractivity contribution in [3.63, 3.8) is 0 Å². The van der Waals surface area contributed by atoms with E-state index in [0.29, 0.717) is 47.3 Å². The van der Waals surface area contributed by atoms with E-state index >= 15 is 0 Å². The van der Waals surface area contributed by atoms with E-state index in [-0.39, 0.29) is 0 Å². The monoisotopic (exact) mass is 763 g/mol. The molecular weight excluding hydrogens is 727 g/mol. The Bertz CT molecular complexity index is 3750. The molecule has 8 bridgehead atoms. The van der Waals surface area contributed by atoms with Crippen LogP contribution < -0.4 is 0 Å². The second kappa shape index (κ2) is 10.6. The molecule has 4 unspecified atom stereocenters. The van der Waals surface area contributed by atoms with Gasteiger partial charge in [0.15, 0.2) is 0 Å². The average Bonchev–Trinajstić information content (AvgIpc) is 4.17. The standard InChI is InChI=1S/C58H37NO/c1-3-7-53-36(5-1)49-24-33(14-21-54(49)59(53)34-15-22-56-50(25-34)37-6-2-4-8-55(37)60-56)32-13-16-35-44(23-32)47-28-51-43(31-11-19-38-39(20-12-31)57(38)51)27-46(47)48-29-52-42(26-45(35)48)30-9-17-40-41(18-10-30)58(40)52/h1-31,38-41,57-58H. The molecule has 4 atom stereocenters. The molecule has 280 valence electrons.